The van der Waals surface area contributed by atoms with Crippen LogP contribution in [0.3, 0.4) is 0 Å². The maximum absolute atomic E-state index is 9.17. The number of aryl methyl sites for hydroxylation is 1. The lowest BCUT2D eigenvalue weighted by atomic mass is 9.98. The first-order valence-electron chi connectivity index (χ1n) is 7.47. The second-order valence-corrected chi connectivity index (χ2v) is 5.33. The fourth-order valence-electron chi connectivity index (χ4n) is 2.50. The third-order valence-corrected chi connectivity index (χ3v) is 3.70. The van der Waals surface area contributed by atoms with E-state index in [0.29, 0.717) is 5.56 Å². The topological polar surface area (TPSA) is 36.7 Å². The number of rotatable bonds is 3. The lowest BCUT2D eigenvalue weighted by Crippen LogP contribution is -1.91. The zero-order chi connectivity index (χ0) is 16.1. The Morgan fingerprint density at radius 1 is 0.957 bits per heavy atom. The zero-order valence-electron chi connectivity index (χ0n) is 12.9. The summed E-state index contributed by atoms with van der Waals surface area (Å²) in [5, 5.41) is 9.17. The normalized spacial score (nSPS) is 10.6. The van der Waals surface area contributed by atoms with Gasteiger partial charge in [0.2, 0.25) is 0 Å². The number of hydrogen-bond donors (Lipinski definition) is 0. The van der Waals surface area contributed by atoms with Crippen LogP contribution in [-0.2, 0) is 0 Å². The fraction of sp³-hybridized carbons (Fsp3) is 0.0476. The average Bonchev–Trinajstić information content (AvgIpc) is 2.61. The predicted octanol–water partition coefficient (Wildman–Crippen LogP) is 5.10. The summed E-state index contributed by atoms with van der Waals surface area (Å²) < 4.78 is 0. The van der Waals surface area contributed by atoms with Crippen LogP contribution in [-0.4, -0.2) is 4.98 Å². The van der Waals surface area contributed by atoms with Gasteiger partial charge < -0.3 is 0 Å². The quantitative estimate of drug-likeness (QED) is 0.630. The van der Waals surface area contributed by atoms with Crippen molar-refractivity contribution in [1.82, 2.24) is 4.98 Å². The molecule has 0 aliphatic rings. The molecule has 0 aliphatic heterocycles. The number of nitriles is 1. The van der Waals surface area contributed by atoms with Crippen molar-refractivity contribution in [3.8, 4) is 17.3 Å². The predicted molar refractivity (Wildman–Crippen MR) is 94.5 cm³/mol. The number of benzene rings is 2. The molecule has 0 fully saturated rings. The molecule has 0 radical (unpaired) electrons. The van der Waals surface area contributed by atoms with Gasteiger partial charge in [0.1, 0.15) is 0 Å². The number of nitrogens with zero attached hydrogens (tertiary/aromatic N) is 2. The highest BCUT2D eigenvalue weighted by Gasteiger charge is 2.08. The third kappa shape index (κ3) is 3.36. The van der Waals surface area contributed by atoms with Gasteiger partial charge in [0.25, 0.3) is 0 Å². The van der Waals surface area contributed by atoms with Gasteiger partial charge in [-0.2, -0.15) is 5.26 Å². The molecule has 0 saturated heterocycles. The van der Waals surface area contributed by atoms with Gasteiger partial charge in [-0.1, -0.05) is 54.6 Å². The van der Waals surface area contributed by atoms with E-state index in [9.17, 15) is 5.26 Å². The van der Waals surface area contributed by atoms with Crippen LogP contribution >= 0.6 is 0 Å². The van der Waals surface area contributed by atoms with Gasteiger partial charge >= 0.3 is 0 Å². The van der Waals surface area contributed by atoms with Crippen LogP contribution < -0.4 is 0 Å². The second-order valence-electron chi connectivity index (χ2n) is 5.33. The van der Waals surface area contributed by atoms with Gasteiger partial charge in [-0.25, -0.2) is 0 Å². The van der Waals surface area contributed by atoms with Crippen molar-refractivity contribution in [3.63, 3.8) is 0 Å². The Balaban J connectivity index is 2.09. The van der Waals surface area contributed by atoms with Crippen molar-refractivity contribution in [3.05, 3.63) is 89.1 Å². The van der Waals surface area contributed by atoms with Crippen LogP contribution in [0.2, 0.25) is 0 Å². The molecule has 0 N–H and O–H groups in total. The van der Waals surface area contributed by atoms with Gasteiger partial charge in [0.05, 0.1) is 17.3 Å². The minimum atomic E-state index is 0.648. The summed E-state index contributed by atoms with van der Waals surface area (Å²) in [5.41, 5.74) is 5.87. The van der Waals surface area contributed by atoms with Gasteiger partial charge in [0.15, 0.2) is 0 Å². The van der Waals surface area contributed by atoms with E-state index in [1.807, 2.05) is 61.5 Å². The minimum absolute atomic E-state index is 0.648. The molecule has 2 aromatic carbocycles. The standard InChI is InChI=1S/C21H16N2/c1-16-6-5-13-23-21(16)20-12-10-18(15-22)14-19(20)11-9-17-7-3-2-4-8-17/h2-14H,1H3/b11-9+. The van der Waals surface area contributed by atoms with E-state index in [4.69, 9.17) is 0 Å². The van der Waals surface area contributed by atoms with Crippen molar-refractivity contribution < 1.29 is 0 Å². The Bertz CT molecular complexity index is 887. The van der Waals surface area contributed by atoms with Crippen molar-refractivity contribution >= 4 is 12.2 Å². The molecule has 3 rings (SSSR count). The summed E-state index contributed by atoms with van der Waals surface area (Å²) in [7, 11) is 0. The van der Waals surface area contributed by atoms with E-state index in [1.54, 1.807) is 6.20 Å². The molecule has 0 amide bonds. The molecule has 1 heterocycles. The van der Waals surface area contributed by atoms with Crippen LogP contribution in [0.4, 0.5) is 0 Å². The smallest absolute Gasteiger partial charge is 0.0991 e. The summed E-state index contributed by atoms with van der Waals surface area (Å²) in [6.45, 7) is 2.05. The Kier molecular flexibility index (Phi) is 4.31. The lowest BCUT2D eigenvalue weighted by molar-refractivity contribution is 1.27. The van der Waals surface area contributed by atoms with Crippen LogP contribution in [0.15, 0.2) is 66.9 Å². The summed E-state index contributed by atoms with van der Waals surface area (Å²) in [6, 6.07) is 22.0. The molecule has 23 heavy (non-hydrogen) atoms. The van der Waals surface area contributed by atoms with E-state index < -0.39 is 0 Å². The zero-order valence-corrected chi connectivity index (χ0v) is 12.9. The van der Waals surface area contributed by atoms with Crippen molar-refractivity contribution in [1.29, 1.82) is 5.26 Å². The molecule has 2 heteroatoms. The Hall–Kier alpha value is -3.18. The molecule has 1 aromatic heterocycles. The van der Waals surface area contributed by atoms with Crippen molar-refractivity contribution in [2.45, 2.75) is 6.92 Å². The van der Waals surface area contributed by atoms with Crippen LogP contribution in [0.25, 0.3) is 23.4 Å². The number of hydrogen-bond acceptors (Lipinski definition) is 2. The van der Waals surface area contributed by atoms with E-state index >= 15 is 0 Å². The first-order chi connectivity index (χ1) is 11.3. The molecule has 0 atom stereocenters. The van der Waals surface area contributed by atoms with Gasteiger partial charge in [-0.05, 0) is 41.8 Å². The first kappa shape index (κ1) is 14.7. The molecule has 0 unspecified atom stereocenters. The van der Waals surface area contributed by atoms with Crippen LogP contribution in [0.1, 0.15) is 22.3 Å². The molecule has 3 aromatic rings. The summed E-state index contributed by atoms with van der Waals surface area (Å²) in [4.78, 5) is 4.50. The fourth-order valence-corrected chi connectivity index (χ4v) is 2.50. The summed E-state index contributed by atoms with van der Waals surface area (Å²) in [5.74, 6) is 0. The number of pyridine rings is 1. The Labute approximate surface area is 136 Å². The minimum Gasteiger partial charge on any atom is -0.256 e. The van der Waals surface area contributed by atoms with Gasteiger partial charge in [-0.15, -0.1) is 0 Å². The highest BCUT2D eigenvalue weighted by molar-refractivity contribution is 5.81. The SMILES string of the molecule is Cc1cccnc1-c1ccc(C#N)cc1/C=C/c1ccccc1. The van der Waals surface area contributed by atoms with E-state index in [2.05, 4.69) is 29.3 Å². The van der Waals surface area contributed by atoms with Crippen LogP contribution in [0, 0.1) is 18.3 Å². The largest absolute Gasteiger partial charge is 0.256 e. The maximum atomic E-state index is 9.17. The average molecular weight is 296 g/mol. The highest BCUT2D eigenvalue weighted by Crippen LogP contribution is 2.27. The van der Waals surface area contributed by atoms with Crippen molar-refractivity contribution in [2.75, 3.05) is 0 Å². The molecule has 110 valence electrons. The molecule has 0 bridgehead atoms. The molecule has 2 nitrogen and oxygen atoms in total. The Morgan fingerprint density at radius 2 is 1.78 bits per heavy atom. The molecule has 0 spiro atoms. The van der Waals surface area contributed by atoms with Crippen molar-refractivity contribution in [2.24, 2.45) is 0 Å². The van der Waals surface area contributed by atoms with Crippen LogP contribution in [0.5, 0.6) is 0 Å². The molecular weight excluding hydrogens is 280 g/mol. The Morgan fingerprint density at radius 3 is 2.52 bits per heavy atom. The summed E-state index contributed by atoms with van der Waals surface area (Å²) in [6.07, 6.45) is 5.89. The molecular formula is C21H16N2. The van der Waals surface area contributed by atoms with E-state index in [0.717, 1.165) is 27.9 Å². The second kappa shape index (κ2) is 6.72. The molecule has 0 aliphatic carbocycles. The molecule has 0 saturated carbocycles. The number of aromatic nitrogens is 1. The van der Waals surface area contributed by atoms with E-state index in [-0.39, 0.29) is 0 Å². The third-order valence-electron chi connectivity index (χ3n) is 3.70. The van der Waals surface area contributed by atoms with Gasteiger partial charge in [-0.3, -0.25) is 4.98 Å². The maximum Gasteiger partial charge on any atom is 0.0991 e. The van der Waals surface area contributed by atoms with Gasteiger partial charge in [0, 0.05) is 11.8 Å². The highest BCUT2D eigenvalue weighted by atomic mass is 14.7. The van der Waals surface area contributed by atoms with E-state index in [1.165, 1.54) is 0 Å². The first-order valence-corrected chi connectivity index (χ1v) is 7.47. The lowest BCUT2D eigenvalue weighted by Gasteiger charge is -2.09. The summed E-state index contributed by atoms with van der Waals surface area (Å²) >= 11 is 0. The monoisotopic (exact) mass is 296 g/mol.